The molecule has 2 saturated heterocycles. The Balaban J connectivity index is 1.36. The van der Waals surface area contributed by atoms with E-state index in [1.807, 2.05) is 40.3 Å². The Morgan fingerprint density at radius 3 is 2.22 bits per heavy atom. The van der Waals surface area contributed by atoms with Gasteiger partial charge >= 0.3 is 0 Å². The number of thioether (sulfide) groups is 1. The van der Waals surface area contributed by atoms with Crippen molar-refractivity contribution in [1.82, 2.24) is 9.80 Å². The standard InChI is InChI=1S/C20H25N3O3S/c1-27-17-4-2-3-16(12-17)23-13-15(11-18(23)24)20(26)22-9-7-21(8-10-22)19(25)14-5-6-14/h2-4,12,14-15H,5-11,13H2,1H3/t15-/m1/s1. The maximum atomic E-state index is 12.9. The molecule has 0 unspecified atom stereocenters. The van der Waals surface area contributed by atoms with Gasteiger partial charge in [-0.1, -0.05) is 6.07 Å². The highest BCUT2D eigenvalue weighted by atomic mass is 32.2. The van der Waals surface area contributed by atoms with Crippen molar-refractivity contribution in [2.24, 2.45) is 11.8 Å². The van der Waals surface area contributed by atoms with E-state index in [1.54, 1.807) is 16.7 Å². The second kappa shape index (κ2) is 7.54. The van der Waals surface area contributed by atoms with Gasteiger partial charge < -0.3 is 14.7 Å². The van der Waals surface area contributed by atoms with E-state index in [1.165, 1.54) is 0 Å². The molecule has 4 rings (SSSR count). The van der Waals surface area contributed by atoms with Crippen LogP contribution in [0.15, 0.2) is 29.2 Å². The van der Waals surface area contributed by atoms with Gasteiger partial charge in [0, 0.05) is 55.6 Å². The van der Waals surface area contributed by atoms with Crippen molar-refractivity contribution in [3.05, 3.63) is 24.3 Å². The number of hydrogen-bond acceptors (Lipinski definition) is 4. The maximum Gasteiger partial charge on any atom is 0.228 e. The van der Waals surface area contributed by atoms with Gasteiger partial charge in [-0.3, -0.25) is 14.4 Å². The van der Waals surface area contributed by atoms with Crippen molar-refractivity contribution in [2.75, 3.05) is 43.9 Å². The second-order valence-corrected chi connectivity index (χ2v) is 8.41. The van der Waals surface area contributed by atoms with E-state index in [2.05, 4.69) is 0 Å². The second-order valence-electron chi connectivity index (χ2n) is 7.53. The molecule has 0 bridgehead atoms. The molecule has 2 heterocycles. The molecule has 0 spiro atoms. The molecule has 1 saturated carbocycles. The molecule has 1 aliphatic carbocycles. The highest BCUT2D eigenvalue weighted by Crippen LogP contribution is 2.32. The molecule has 1 atom stereocenters. The van der Waals surface area contributed by atoms with E-state index in [9.17, 15) is 14.4 Å². The Morgan fingerprint density at radius 2 is 1.63 bits per heavy atom. The number of benzene rings is 1. The molecule has 3 amide bonds. The van der Waals surface area contributed by atoms with Crippen LogP contribution in [0.2, 0.25) is 0 Å². The van der Waals surface area contributed by atoms with E-state index in [0.29, 0.717) is 32.7 Å². The van der Waals surface area contributed by atoms with Crippen LogP contribution in [-0.2, 0) is 14.4 Å². The van der Waals surface area contributed by atoms with E-state index in [0.717, 1.165) is 23.4 Å². The summed E-state index contributed by atoms with van der Waals surface area (Å²) in [6, 6.07) is 7.88. The van der Waals surface area contributed by atoms with Gasteiger partial charge in [-0.25, -0.2) is 0 Å². The highest BCUT2D eigenvalue weighted by Gasteiger charge is 2.39. The number of amides is 3. The third-order valence-electron chi connectivity index (χ3n) is 5.67. The summed E-state index contributed by atoms with van der Waals surface area (Å²) in [5, 5.41) is 0. The molecule has 0 N–H and O–H groups in total. The summed E-state index contributed by atoms with van der Waals surface area (Å²) in [5.74, 6) is 0.240. The van der Waals surface area contributed by atoms with Gasteiger partial charge in [-0.2, -0.15) is 0 Å². The normalized spacial score (nSPS) is 23.1. The van der Waals surface area contributed by atoms with E-state index >= 15 is 0 Å². The highest BCUT2D eigenvalue weighted by molar-refractivity contribution is 7.98. The molecule has 3 fully saturated rings. The van der Waals surface area contributed by atoms with Crippen LogP contribution >= 0.6 is 11.8 Å². The smallest absolute Gasteiger partial charge is 0.228 e. The summed E-state index contributed by atoms with van der Waals surface area (Å²) in [4.78, 5) is 44.1. The molecule has 1 aromatic rings. The van der Waals surface area contributed by atoms with Gasteiger partial charge in [0.05, 0.1) is 5.92 Å². The zero-order chi connectivity index (χ0) is 19.0. The van der Waals surface area contributed by atoms with Crippen LogP contribution in [0.3, 0.4) is 0 Å². The number of carbonyl (C=O) groups excluding carboxylic acids is 3. The first-order valence-corrected chi connectivity index (χ1v) is 10.8. The fourth-order valence-electron chi connectivity index (χ4n) is 3.89. The van der Waals surface area contributed by atoms with Crippen molar-refractivity contribution < 1.29 is 14.4 Å². The molecule has 7 heteroatoms. The monoisotopic (exact) mass is 387 g/mol. The largest absolute Gasteiger partial charge is 0.339 e. The summed E-state index contributed by atoms with van der Waals surface area (Å²) < 4.78 is 0. The summed E-state index contributed by atoms with van der Waals surface area (Å²) in [6.45, 7) is 2.81. The molecule has 144 valence electrons. The fraction of sp³-hybridized carbons (Fsp3) is 0.550. The average Bonchev–Trinajstić information content (AvgIpc) is 3.49. The van der Waals surface area contributed by atoms with Crippen molar-refractivity contribution in [3.63, 3.8) is 0 Å². The van der Waals surface area contributed by atoms with Gasteiger partial charge in [0.2, 0.25) is 17.7 Å². The zero-order valence-electron chi connectivity index (χ0n) is 15.6. The summed E-state index contributed by atoms with van der Waals surface area (Å²) in [6.07, 6.45) is 4.29. The number of nitrogens with zero attached hydrogens (tertiary/aromatic N) is 3. The fourth-order valence-corrected chi connectivity index (χ4v) is 4.35. The first-order valence-electron chi connectivity index (χ1n) is 9.59. The van der Waals surface area contributed by atoms with Gasteiger partial charge in [0.1, 0.15) is 0 Å². The minimum absolute atomic E-state index is 0.00847. The molecule has 2 aliphatic heterocycles. The van der Waals surface area contributed by atoms with E-state index in [-0.39, 0.29) is 36.0 Å². The van der Waals surface area contributed by atoms with Gasteiger partial charge in [0.15, 0.2) is 0 Å². The van der Waals surface area contributed by atoms with Crippen LogP contribution in [0, 0.1) is 11.8 Å². The van der Waals surface area contributed by atoms with Crippen LogP contribution < -0.4 is 4.90 Å². The lowest BCUT2D eigenvalue weighted by Crippen LogP contribution is -2.52. The van der Waals surface area contributed by atoms with Gasteiger partial charge in [-0.15, -0.1) is 11.8 Å². The lowest BCUT2D eigenvalue weighted by atomic mass is 10.1. The van der Waals surface area contributed by atoms with Crippen molar-refractivity contribution in [1.29, 1.82) is 0 Å². The summed E-state index contributed by atoms with van der Waals surface area (Å²) in [5.41, 5.74) is 0.863. The van der Waals surface area contributed by atoms with E-state index < -0.39 is 0 Å². The third kappa shape index (κ3) is 3.83. The first-order chi connectivity index (χ1) is 13.1. The number of hydrogen-bond donors (Lipinski definition) is 0. The van der Waals surface area contributed by atoms with E-state index in [4.69, 9.17) is 0 Å². The van der Waals surface area contributed by atoms with Gasteiger partial charge in [0.25, 0.3) is 0 Å². The van der Waals surface area contributed by atoms with Crippen molar-refractivity contribution in [2.45, 2.75) is 24.2 Å². The number of rotatable bonds is 4. The Morgan fingerprint density at radius 1 is 1.00 bits per heavy atom. The van der Waals surface area contributed by atoms with Crippen LogP contribution in [0.25, 0.3) is 0 Å². The number of piperazine rings is 1. The Labute approximate surface area is 163 Å². The SMILES string of the molecule is CSc1cccc(N2C[C@H](C(=O)N3CCN(C(=O)C4CC4)CC3)CC2=O)c1. The molecule has 3 aliphatic rings. The van der Waals surface area contributed by atoms with Crippen LogP contribution in [0.1, 0.15) is 19.3 Å². The minimum atomic E-state index is -0.291. The Hall–Kier alpha value is -2.02. The molecule has 6 nitrogen and oxygen atoms in total. The predicted octanol–water partition coefficient (Wildman–Crippen LogP) is 1.84. The lowest BCUT2D eigenvalue weighted by molar-refractivity contribution is -0.142. The number of carbonyl (C=O) groups is 3. The van der Waals surface area contributed by atoms with Crippen molar-refractivity contribution >= 4 is 35.2 Å². The number of anilines is 1. The lowest BCUT2D eigenvalue weighted by Gasteiger charge is -2.36. The molecule has 27 heavy (non-hydrogen) atoms. The van der Waals surface area contributed by atoms with Gasteiger partial charge in [-0.05, 0) is 37.3 Å². The Kier molecular flexibility index (Phi) is 5.12. The van der Waals surface area contributed by atoms with Crippen LogP contribution in [0.4, 0.5) is 5.69 Å². The molecule has 1 aromatic carbocycles. The Bertz CT molecular complexity index is 757. The molecule has 0 aromatic heterocycles. The molecular formula is C20H25N3O3S. The topological polar surface area (TPSA) is 60.9 Å². The molecule has 0 radical (unpaired) electrons. The van der Waals surface area contributed by atoms with Crippen LogP contribution in [0.5, 0.6) is 0 Å². The third-order valence-corrected chi connectivity index (χ3v) is 6.39. The minimum Gasteiger partial charge on any atom is -0.339 e. The summed E-state index contributed by atoms with van der Waals surface area (Å²) in [7, 11) is 0. The predicted molar refractivity (Wildman–Crippen MR) is 105 cm³/mol. The molecular weight excluding hydrogens is 362 g/mol. The van der Waals surface area contributed by atoms with Crippen molar-refractivity contribution in [3.8, 4) is 0 Å². The first kappa shape index (κ1) is 18.3. The van der Waals surface area contributed by atoms with Crippen LogP contribution in [-0.4, -0.2) is 66.5 Å². The zero-order valence-corrected chi connectivity index (χ0v) is 16.4. The average molecular weight is 388 g/mol. The summed E-state index contributed by atoms with van der Waals surface area (Å²) >= 11 is 1.64. The maximum absolute atomic E-state index is 12.9. The quantitative estimate of drug-likeness (QED) is 0.740.